The summed E-state index contributed by atoms with van der Waals surface area (Å²) in [6, 6.07) is 17.3. The lowest BCUT2D eigenvalue weighted by Gasteiger charge is -2.26. The maximum Gasteiger partial charge on any atom is 0.433 e. The molecule has 1 aromatic heterocycles. The summed E-state index contributed by atoms with van der Waals surface area (Å²) in [5.41, 5.74) is 3.94. The molecular formula is C26H28F3N3O. The average molecular weight is 456 g/mol. The molecule has 1 heterocycles. The van der Waals surface area contributed by atoms with Crippen LogP contribution in [-0.2, 0) is 17.4 Å². The number of carbonyl (C=O) groups excluding carboxylic acids is 1. The summed E-state index contributed by atoms with van der Waals surface area (Å²) in [6.45, 7) is 4.07. The molecule has 1 amide bonds. The highest BCUT2D eigenvalue weighted by Gasteiger charge is 2.32. The predicted molar refractivity (Wildman–Crippen MR) is 123 cm³/mol. The summed E-state index contributed by atoms with van der Waals surface area (Å²) in [5, 5.41) is 6.19. The molecule has 7 heteroatoms. The number of nitrogens with one attached hydrogen (secondary N) is 2. The number of likely N-dealkylation sites (N-methyl/N-ethyl adjacent to an activating group) is 1. The first-order valence-electron chi connectivity index (χ1n) is 10.8. The van der Waals surface area contributed by atoms with Gasteiger partial charge in [0.25, 0.3) is 0 Å². The molecule has 0 aliphatic carbocycles. The average Bonchev–Trinajstić information content (AvgIpc) is 2.81. The van der Waals surface area contributed by atoms with Crippen LogP contribution in [0.4, 0.5) is 13.2 Å². The van der Waals surface area contributed by atoms with Crippen LogP contribution in [0.15, 0.2) is 66.9 Å². The Morgan fingerprint density at radius 1 is 0.970 bits per heavy atom. The zero-order chi connectivity index (χ0) is 24.0. The maximum absolute atomic E-state index is 12.8. The molecule has 0 saturated carbocycles. The topological polar surface area (TPSA) is 54.0 Å². The smallest absolute Gasteiger partial charge is 0.358 e. The summed E-state index contributed by atoms with van der Waals surface area (Å²) < 4.78 is 38.5. The maximum atomic E-state index is 12.8. The zero-order valence-corrected chi connectivity index (χ0v) is 18.9. The molecular weight excluding hydrogens is 427 g/mol. The molecule has 0 spiro atoms. The second-order valence-corrected chi connectivity index (χ2v) is 8.11. The minimum Gasteiger partial charge on any atom is -0.358 e. The lowest BCUT2D eigenvalue weighted by molar-refractivity contribution is -0.141. The second kappa shape index (κ2) is 10.6. The first-order chi connectivity index (χ1) is 15.7. The van der Waals surface area contributed by atoms with Crippen molar-refractivity contribution in [1.29, 1.82) is 0 Å². The van der Waals surface area contributed by atoms with Gasteiger partial charge in [0, 0.05) is 19.3 Å². The van der Waals surface area contributed by atoms with E-state index in [0.29, 0.717) is 18.4 Å². The molecule has 33 heavy (non-hydrogen) atoms. The number of nitrogens with zero attached hydrogens (tertiary/aromatic N) is 1. The second-order valence-electron chi connectivity index (χ2n) is 8.11. The molecule has 0 aliphatic heterocycles. The van der Waals surface area contributed by atoms with Gasteiger partial charge in [-0.15, -0.1) is 0 Å². The van der Waals surface area contributed by atoms with E-state index in [1.54, 1.807) is 7.05 Å². The van der Waals surface area contributed by atoms with Gasteiger partial charge in [-0.25, -0.2) is 0 Å². The van der Waals surface area contributed by atoms with E-state index < -0.39 is 17.9 Å². The van der Waals surface area contributed by atoms with Crippen LogP contribution in [0, 0.1) is 13.8 Å². The SMILES string of the molecule is CNC(=O)[C@@H](N[C@@H](CCc1ccc(C(F)(F)F)nc1)c1ccc(C)c(C)c1)c1ccccc1. The Morgan fingerprint density at radius 2 is 1.70 bits per heavy atom. The molecule has 2 N–H and O–H groups in total. The third kappa shape index (κ3) is 6.42. The van der Waals surface area contributed by atoms with Gasteiger partial charge in [-0.3, -0.25) is 15.1 Å². The van der Waals surface area contributed by atoms with Crippen LogP contribution in [-0.4, -0.2) is 17.9 Å². The molecule has 0 aliphatic rings. The number of aryl methyl sites for hydroxylation is 3. The summed E-state index contributed by atoms with van der Waals surface area (Å²) in [7, 11) is 1.60. The van der Waals surface area contributed by atoms with Crippen molar-refractivity contribution in [2.75, 3.05) is 7.05 Å². The van der Waals surface area contributed by atoms with Gasteiger partial charge in [0.15, 0.2) is 0 Å². The molecule has 0 radical (unpaired) electrons. The Labute approximate surface area is 192 Å². The van der Waals surface area contributed by atoms with Crippen molar-refractivity contribution < 1.29 is 18.0 Å². The first-order valence-corrected chi connectivity index (χ1v) is 10.8. The zero-order valence-electron chi connectivity index (χ0n) is 18.9. The number of rotatable bonds is 8. The molecule has 3 rings (SSSR count). The van der Waals surface area contributed by atoms with Gasteiger partial charge < -0.3 is 5.32 Å². The highest BCUT2D eigenvalue weighted by molar-refractivity contribution is 5.83. The highest BCUT2D eigenvalue weighted by atomic mass is 19.4. The van der Waals surface area contributed by atoms with E-state index in [9.17, 15) is 18.0 Å². The quantitative estimate of drug-likeness (QED) is 0.474. The number of alkyl halides is 3. The van der Waals surface area contributed by atoms with Gasteiger partial charge in [0.1, 0.15) is 11.7 Å². The summed E-state index contributed by atoms with van der Waals surface area (Å²) >= 11 is 0. The summed E-state index contributed by atoms with van der Waals surface area (Å²) in [6.07, 6.45) is -2.10. The minimum absolute atomic E-state index is 0.161. The van der Waals surface area contributed by atoms with Crippen LogP contribution in [0.25, 0.3) is 0 Å². The Balaban J connectivity index is 1.87. The third-order valence-electron chi connectivity index (χ3n) is 5.78. The minimum atomic E-state index is -4.46. The molecule has 2 atom stereocenters. The van der Waals surface area contributed by atoms with Crippen LogP contribution >= 0.6 is 0 Å². The molecule has 2 aromatic carbocycles. The number of halogens is 3. The van der Waals surface area contributed by atoms with Crippen molar-refractivity contribution in [3.05, 3.63) is 100 Å². The van der Waals surface area contributed by atoms with Crippen LogP contribution in [0.3, 0.4) is 0 Å². The largest absolute Gasteiger partial charge is 0.433 e. The number of hydrogen-bond donors (Lipinski definition) is 2. The van der Waals surface area contributed by atoms with E-state index in [0.717, 1.165) is 28.3 Å². The van der Waals surface area contributed by atoms with E-state index in [1.165, 1.54) is 12.3 Å². The lowest BCUT2D eigenvalue weighted by Crippen LogP contribution is -2.38. The van der Waals surface area contributed by atoms with Gasteiger partial charge in [0.05, 0.1) is 0 Å². The van der Waals surface area contributed by atoms with Gasteiger partial charge >= 0.3 is 6.18 Å². The molecule has 0 saturated heterocycles. The molecule has 3 aromatic rings. The number of benzene rings is 2. The Kier molecular flexibility index (Phi) is 7.87. The van der Waals surface area contributed by atoms with Gasteiger partial charge in [0.2, 0.25) is 5.91 Å². The fraction of sp³-hybridized carbons (Fsp3) is 0.308. The summed E-state index contributed by atoms with van der Waals surface area (Å²) in [4.78, 5) is 16.3. The van der Waals surface area contributed by atoms with E-state index in [-0.39, 0.29) is 11.9 Å². The molecule has 0 bridgehead atoms. The Hall–Kier alpha value is -3.19. The van der Waals surface area contributed by atoms with E-state index in [1.807, 2.05) is 56.3 Å². The van der Waals surface area contributed by atoms with E-state index in [2.05, 4.69) is 21.7 Å². The van der Waals surface area contributed by atoms with E-state index in [4.69, 9.17) is 0 Å². The van der Waals surface area contributed by atoms with Gasteiger partial charge in [-0.1, -0.05) is 54.6 Å². The normalized spacial score (nSPS) is 13.4. The fourth-order valence-electron chi connectivity index (χ4n) is 3.69. The Morgan fingerprint density at radius 3 is 2.27 bits per heavy atom. The number of pyridine rings is 1. The highest BCUT2D eigenvalue weighted by Crippen LogP contribution is 2.29. The van der Waals surface area contributed by atoms with Crippen molar-refractivity contribution in [1.82, 2.24) is 15.6 Å². The number of aromatic nitrogens is 1. The van der Waals surface area contributed by atoms with Crippen molar-refractivity contribution >= 4 is 5.91 Å². The van der Waals surface area contributed by atoms with Gasteiger partial charge in [-0.05, 0) is 60.6 Å². The van der Waals surface area contributed by atoms with E-state index >= 15 is 0 Å². The van der Waals surface area contributed by atoms with Crippen molar-refractivity contribution in [3.8, 4) is 0 Å². The fourth-order valence-corrected chi connectivity index (χ4v) is 3.69. The van der Waals surface area contributed by atoms with Crippen LogP contribution in [0.2, 0.25) is 0 Å². The molecule has 4 nitrogen and oxygen atoms in total. The summed E-state index contributed by atoms with van der Waals surface area (Å²) in [5.74, 6) is -0.161. The predicted octanol–water partition coefficient (Wildman–Crippen LogP) is 5.47. The lowest BCUT2D eigenvalue weighted by atomic mass is 9.94. The Bertz CT molecular complexity index is 1070. The van der Waals surface area contributed by atoms with Gasteiger partial charge in [-0.2, -0.15) is 13.2 Å². The standard InChI is InChI=1S/C26H28F3N3O/c1-17-9-12-21(15-18(17)2)22(13-10-19-11-14-23(31-16-19)26(27,28)29)32-24(25(33)30-3)20-7-5-4-6-8-20/h4-9,11-12,14-16,22,24,32H,10,13H2,1-3H3,(H,30,33)/t22-,24-/m0/s1. The monoisotopic (exact) mass is 455 g/mol. The first kappa shape index (κ1) is 24.5. The van der Waals surface area contributed by atoms with Crippen LogP contribution in [0.5, 0.6) is 0 Å². The molecule has 0 fully saturated rings. The molecule has 0 unspecified atom stereocenters. The van der Waals surface area contributed by atoms with Crippen molar-refractivity contribution in [2.24, 2.45) is 0 Å². The van der Waals surface area contributed by atoms with Crippen LogP contribution in [0.1, 0.15) is 52.0 Å². The number of amides is 1. The third-order valence-corrected chi connectivity index (χ3v) is 5.78. The number of carbonyl (C=O) groups is 1. The van der Waals surface area contributed by atoms with Crippen LogP contribution < -0.4 is 10.6 Å². The molecule has 174 valence electrons. The van der Waals surface area contributed by atoms with Crippen molar-refractivity contribution in [2.45, 2.75) is 44.9 Å². The van der Waals surface area contributed by atoms with Crippen molar-refractivity contribution in [3.63, 3.8) is 0 Å². The number of hydrogen-bond acceptors (Lipinski definition) is 3.